The van der Waals surface area contributed by atoms with Gasteiger partial charge in [0.15, 0.2) is 0 Å². The third kappa shape index (κ3) is 17.7. The van der Waals surface area contributed by atoms with Gasteiger partial charge in [-0.05, 0) is 19.6 Å². The van der Waals surface area contributed by atoms with Crippen molar-refractivity contribution in [3.63, 3.8) is 0 Å². The van der Waals surface area contributed by atoms with Crippen molar-refractivity contribution in [3.8, 4) is 0 Å². The van der Waals surface area contributed by atoms with Crippen molar-refractivity contribution in [1.29, 1.82) is 0 Å². The second-order valence-electron chi connectivity index (χ2n) is 1.62. The maximum atomic E-state index is 2.38. The fourth-order valence-electron chi connectivity index (χ4n) is 0.671. The van der Waals surface area contributed by atoms with Crippen molar-refractivity contribution in [2.24, 2.45) is 0 Å². The van der Waals surface area contributed by atoms with E-state index in [-0.39, 0.29) is 22.5 Å². The largest absolute Gasteiger partial charge is 3.00 e. The second kappa shape index (κ2) is 22.6. The molecule has 0 heterocycles. The molecule has 1 nitrogen and oxygen atoms in total. The van der Waals surface area contributed by atoms with Crippen molar-refractivity contribution in [3.05, 3.63) is 0 Å². The standard InChI is InChI=1S/C6H15N.B.3FH/c1-4-7(5-2)6-3;;;;/h4-6H2,1-3H3;;3*1H/q;+3;;;/p-3. The van der Waals surface area contributed by atoms with Gasteiger partial charge in [0, 0.05) is 0 Å². The molecule has 0 rings (SSSR count). The Morgan fingerprint density at radius 2 is 0.909 bits per heavy atom. The van der Waals surface area contributed by atoms with E-state index in [1.807, 2.05) is 0 Å². The van der Waals surface area contributed by atoms with E-state index in [4.69, 9.17) is 0 Å². The summed E-state index contributed by atoms with van der Waals surface area (Å²) in [5, 5.41) is 0. The van der Waals surface area contributed by atoms with Gasteiger partial charge >= 0.3 is 8.41 Å². The molecule has 0 saturated heterocycles. The Balaban J connectivity index is -0.0000000300. The summed E-state index contributed by atoms with van der Waals surface area (Å²) in [5.74, 6) is 0. The van der Waals surface area contributed by atoms with Crippen molar-refractivity contribution in [2.75, 3.05) is 19.6 Å². The van der Waals surface area contributed by atoms with Crippen LogP contribution in [0.3, 0.4) is 0 Å². The first-order valence-electron chi connectivity index (χ1n) is 3.07. The summed E-state index contributed by atoms with van der Waals surface area (Å²) in [6.45, 7) is 10.1. The first kappa shape index (κ1) is 30.8. The van der Waals surface area contributed by atoms with Crippen LogP contribution in [0.4, 0.5) is 0 Å². The Labute approximate surface area is 68.8 Å². The summed E-state index contributed by atoms with van der Waals surface area (Å²) < 4.78 is 0. The molecule has 0 aromatic carbocycles. The van der Waals surface area contributed by atoms with E-state index in [0.717, 1.165) is 0 Å². The molecule has 5 heteroatoms. The third-order valence-corrected chi connectivity index (χ3v) is 1.34. The zero-order chi connectivity index (χ0) is 5.70. The van der Waals surface area contributed by atoms with Crippen LogP contribution in [0, 0.1) is 0 Å². The number of hydrogen-bond donors (Lipinski definition) is 0. The van der Waals surface area contributed by atoms with E-state index in [2.05, 4.69) is 25.7 Å². The zero-order valence-electron chi connectivity index (χ0n) is 7.28. The fourth-order valence-corrected chi connectivity index (χ4v) is 0.671. The van der Waals surface area contributed by atoms with Crippen molar-refractivity contribution < 1.29 is 14.1 Å². The van der Waals surface area contributed by atoms with Gasteiger partial charge in [0.1, 0.15) is 0 Å². The summed E-state index contributed by atoms with van der Waals surface area (Å²) in [6.07, 6.45) is 0. The molecule has 11 heavy (non-hydrogen) atoms. The number of hydrogen-bond acceptors (Lipinski definition) is 1. The smallest absolute Gasteiger partial charge is 1.00 e. The minimum absolute atomic E-state index is 0. The van der Waals surface area contributed by atoms with Crippen LogP contribution in [-0.2, 0) is 0 Å². The monoisotopic (exact) mass is 169 g/mol. The van der Waals surface area contributed by atoms with Gasteiger partial charge in [-0.2, -0.15) is 0 Å². The van der Waals surface area contributed by atoms with E-state index in [9.17, 15) is 0 Å². The van der Waals surface area contributed by atoms with Crippen LogP contribution in [0.2, 0.25) is 0 Å². The SMILES string of the molecule is CCN(CC)CC.[B+3].[F-].[F-].[F-]. The van der Waals surface area contributed by atoms with Crippen LogP contribution in [0.1, 0.15) is 20.8 Å². The molecule has 0 aromatic rings. The predicted molar refractivity (Wildman–Crippen MR) is 39.2 cm³/mol. The number of nitrogens with zero attached hydrogens (tertiary/aromatic N) is 1. The van der Waals surface area contributed by atoms with Gasteiger partial charge in [0.25, 0.3) is 0 Å². The third-order valence-electron chi connectivity index (χ3n) is 1.34. The molecule has 0 aromatic heterocycles. The summed E-state index contributed by atoms with van der Waals surface area (Å²) >= 11 is 0. The molecular weight excluding hydrogens is 154 g/mol. The van der Waals surface area contributed by atoms with Gasteiger partial charge in [-0.15, -0.1) is 0 Å². The zero-order valence-corrected chi connectivity index (χ0v) is 7.28. The van der Waals surface area contributed by atoms with E-state index in [1.165, 1.54) is 19.6 Å². The number of halogens is 3. The summed E-state index contributed by atoms with van der Waals surface area (Å²) in [6, 6.07) is 0. The molecule has 68 valence electrons. The predicted octanol–water partition coefficient (Wildman–Crippen LogP) is -8.02. The molecule has 0 saturated carbocycles. The second-order valence-corrected chi connectivity index (χ2v) is 1.62. The summed E-state index contributed by atoms with van der Waals surface area (Å²) in [7, 11) is 0. The molecule has 0 N–H and O–H groups in total. The maximum absolute atomic E-state index is 2.38. The van der Waals surface area contributed by atoms with Crippen LogP contribution in [-0.4, -0.2) is 32.9 Å². The van der Waals surface area contributed by atoms with E-state index >= 15 is 0 Å². The van der Waals surface area contributed by atoms with Gasteiger partial charge in [0.2, 0.25) is 0 Å². The molecule has 0 spiro atoms. The van der Waals surface area contributed by atoms with Crippen LogP contribution in [0.25, 0.3) is 0 Å². The van der Waals surface area contributed by atoms with Crippen molar-refractivity contribution in [1.82, 2.24) is 4.90 Å². The maximum Gasteiger partial charge on any atom is 3.00 e. The Morgan fingerprint density at radius 3 is 0.909 bits per heavy atom. The normalized spacial score (nSPS) is 6.55. The van der Waals surface area contributed by atoms with Crippen LogP contribution >= 0.6 is 0 Å². The Bertz CT molecular complexity index is 39.3. The first-order chi connectivity index (χ1) is 3.35. The van der Waals surface area contributed by atoms with E-state index < -0.39 is 0 Å². The molecule has 0 aliphatic carbocycles. The van der Waals surface area contributed by atoms with Gasteiger partial charge in [-0.25, -0.2) is 0 Å². The molecule has 0 aliphatic heterocycles. The topological polar surface area (TPSA) is 3.24 Å². The Morgan fingerprint density at radius 1 is 0.727 bits per heavy atom. The molecule has 0 fully saturated rings. The van der Waals surface area contributed by atoms with Crippen LogP contribution in [0.15, 0.2) is 0 Å². The van der Waals surface area contributed by atoms with Gasteiger partial charge in [-0.3, -0.25) is 0 Å². The molecule has 0 unspecified atom stereocenters. The van der Waals surface area contributed by atoms with Crippen LogP contribution in [0.5, 0.6) is 0 Å². The molecular formula is C6H15BF3N. The van der Waals surface area contributed by atoms with Crippen molar-refractivity contribution in [2.45, 2.75) is 20.8 Å². The molecule has 0 radical (unpaired) electrons. The molecule has 0 aliphatic rings. The quantitative estimate of drug-likeness (QED) is 0.379. The average molecular weight is 169 g/mol. The first-order valence-corrected chi connectivity index (χ1v) is 3.07. The van der Waals surface area contributed by atoms with Crippen molar-refractivity contribution >= 4 is 8.41 Å². The fraction of sp³-hybridized carbons (Fsp3) is 1.00. The van der Waals surface area contributed by atoms with E-state index in [1.54, 1.807) is 0 Å². The minimum Gasteiger partial charge on any atom is -1.00 e. The molecule has 0 atom stereocenters. The minimum atomic E-state index is 0. The van der Waals surface area contributed by atoms with E-state index in [0.29, 0.717) is 0 Å². The van der Waals surface area contributed by atoms with Gasteiger partial charge in [0.05, 0.1) is 0 Å². The van der Waals surface area contributed by atoms with Gasteiger partial charge in [-0.1, -0.05) is 20.8 Å². The van der Waals surface area contributed by atoms with Gasteiger partial charge < -0.3 is 19.0 Å². The number of rotatable bonds is 3. The molecule has 0 amide bonds. The summed E-state index contributed by atoms with van der Waals surface area (Å²) in [5.41, 5.74) is 0. The molecule has 0 bridgehead atoms. The Kier molecular flexibility index (Phi) is 63.2. The summed E-state index contributed by atoms with van der Waals surface area (Å²) in [4.78, 5) is 2.38. The Hall–Kier alpha value is -0.185. The average Bonchev–Trinajstić information content (AvgIpc) is 1.72. The van der Waals surface area contributed by atoms with Crippen LogP contribution < -0.4 is 14.1 Å².